The Bertz CT molecular complexity index is 451. The molecule has 3 fully saturated rings. The summed E-state index contributed by atoms with van der Waals surface area (Å²) in [7, 11) is 0. The van der Waals surface area contributed by atoms with Gasteiger partial charge in [-0.3, -0.25) is 0 Å². The molecule has 112 valence electrons. The highest BCUT2D eigenvalue weighted by Crippen LogP contribution is 2.63. The summed E-state index contributed by atoms with van der Waals surface area (Å²) in [5.74, 6) is 1.64. The molecule has 0 saturated heterocycles. The van der Waals surface area contributed by atoms with Gasteiger partial charge in [0.1, 0.15) is 0 Å². The van der Waals surface area contributed by atoms with E-state index in [0.29, 0.717) is 10.8 Å². The number of allylic oxidation sites excluding steroid dienone is 2. The second-order valence-corrected chi connectivity index (χ2v) is 8.68. The highest BCUT2D eigenvalue weighted by Gasteiger charge is 2.52. The van der Waals surface area contributed by atoms with Gasteiger partial charge in [-0.2, -0.15) is 0 Å². The van der Waals surface area contributed by atoms with Crippen LogP contribution in [0.5, 0.6) is 0 Å². The summed E-state index contributed by atoms with van der Waals surface area (Å²) in [5.41, 5.74) is 4.86. The van der Waals surface area contributed by atoms with Gasteiger partial charge in [0, 0.05) is 0 Å². The van der Waals surface area contributed by atoms with Crippen LogP contribution in [0.1, 0.15) is 78.1 Å². The number of hydrogen-bond acceptors (Lipinski definition) is 1. The Morgan fingerprint density at radius 1 is 1.00 bits per heavy atom. The molecule has 1 heteroatoms. The van der Waals surface area contributed by atoms with Crippen molar-refractivity contribution in [1.29, 1.82) is 0 Å². The molecule has 5 atom stereocenters. The largest absolute Gasteiger partial charge is 0.393 e. The standard InChI is InChI=1S/C19H30O/c1-18-9-3-4-16(18)15-6-5-13-12-14(20)7-11-19(13,2)17(15)8-10-18/h13-14,17,20H,3-12H2,1-2H3. The third-order valence-corrected chi connectivity index (χ3v) is 7.74. The third-order valence-electron chi connectivity index (χ3n) is 7.74. The van der Waals surface area contributed by atoms with E-state index in [4.69, 9.17) is 0 Å². The molecule has 0 aromatic heterocycles. The molecule has 1 N–H and O–H groups in total. The Morgan fingerprint density at radius 2 is 1.85 bits per heavy atom. The lowest BCUT2D eigenvalue weighted by Gasteiger charge is -2.56. The van der Waals surface area contributed by atoms with Crippen LogP contribution < -0.4 is 0 Å². The zero-order valence-electron chi connectivity index (χ0n) is 13.3. The Balaban J connectivity index is 1.72. The molecule has 5 unspecified atom stereocenters. The van der Waals surface area contributed by atoms with E-state index >= 15 is 0 Å². The minimum absolute atomic E-state index is 0.0115. The molecule has 0 spiro atoms. The van der Waals surface area contributed by atoms with Crippen LogP contribution in [0, 0.1) is 22.7 Å². The van der Waals surface area contributed by atoms with Gasteiger partial charge >= 0.3 is 0 Å². The van der Waals surface area contributed by atoms with Crippen molar-refractivity contribution in [1.82, 2.24) is 0 Å². The molecule has 0 radical (unpaired) electrons. The topological polar surface area (TPSA) is 20.2 Å². The number of fused-ring (bicyclic) bond motifs is 4. The van der Waals surface area contributed by atoms with E-state index in [1.807, 2.05) is 11.1 Å². The maximum atomic E-state index is 10.0. The normalized spacial score (nSPS) is 51.5. The Labute approximate surface area is 123 Å². The van der Waals surface area contributed by atoms with Crippen LogP contribution in [0.2, 0.25) is 0 Å². The molecule has 1 nitrogen and oxygen atoms in total. The van der Waals surface area contributed by atoms with Crippen molar-refractivity contribution in [3.63, 3.8) is 0 Å². The average Bonchev–Trinajstić information content (AvgIpc) is 2.81. The summed E-state index contributed by atoms with van der Waals surface area (Å²) < 4.78 is 0. The third kappa shape index (κ3) is 1.71. The van der Waals surface area contributed by atoms with Crippen molar-refractivity contribution < 1.29 is 5.11 Å². The second-order valence-electron chi connectivity index (χ2n) is 8.68. The molecule has 20 heavy (non-hydrogen) atoms. The van der Waals surface area contributed by atoms with Crippen molar-refractivity contribution in [2.24, 2.45) is 22.7 Å². The summed E-state index contributed by atoms with van der Waals surface area (Å²) >= 11 is 0. The summed E-state index contributed by atoms with van der Waals surface area (Å²) in [6.45, 7) is 5.10. The van der Waals surface area contributed by atoms with Crippen molar-refractivity contribution in [3.05, 3.63) is 11.1 Å². The van der Waals surface area contributed by atoms with Gasteiger partial charge in [-0.05, 0) is 86.9 Å². The SMILES string of the molecule is CC12CCCC1=C1CCC3CC(O)CCC3(C)C1CC2. The molecule has 4 aliphatic rings. The van der Waals surface area contributed by atoms with Gasteiger partial charge in [0.25, 0.3) is 0 Å². The van der Waals surface area contributed by atoms with E-state index < -0.39 is 0 Å². The summed E-state index contributed by atoms with van der Waals surface area (Å²) in [6, 6.07) is 0. The lowest BCUT2D eigenvalue weighted by Crippen LogP contribution is -2.47. The quantitative estimate of drug-likeness (QED) is 0.626. The highest BCUT2D eigenvalue weighted by molar-refractivity contribution is 5.33. The molecule has 3 saturated carbocycles. The van der Waals surface area contributed by atoms with E-state index in [-0.39, 0.29) is 6.10 Å². The molecule has 0 amide bonds. The maximum Gasteiger partial charge on any atom is 0.0543 e. The Hall–Kier alpha value is -0.300. The number of hydrogen-bond donors (Lipinski definition) is 1. The number of rotatable bonds is 0. The first-order valence-corrected chi connectivity index (χ1v) is 8.93. The Kier molecular flexibility index (Phi) is 2.91. The van der Waals surface area contributed by atoms with Gasteiger partial charge in [0.05, 0.1) is 6.10 Å². The van der Waals surface area contributed by atoms with Gasteiger partial charge in [-0.15, -0.1) is 0 Å². The molecular weight excluding hydrogens is 244 g/mol. The van der Waals surface area contributed by atoms with Crippen LogP contribution in [0.3, 0.4) is 0 Å². The summed E-state index contributed by atoms with van der Waals surface area (Å²) in [6.07, 6.45) is 13.2. The zero-order chi connectivity index (χ0) is 14.0. The number of aliphatic hydroxyl groups is 1. The predicted molar refractivity (Wildman–Crippen MR) is 82.4 cm³/mol. The molecule has 4 rings (SSSR count). The van der Waals surface area contributed by atoms with E-state index in [0.717, 1.165) is 24.7 Å². The minimum atomic E-state index is -0.0115. The van der Waals surface area contributed by atoms with Gasteiger partial charge in [0.2, 0.25) is 0 Å². The van der Waals surface area contributed by atoms with Crippen LogP contribution >= 0.6 is 0 Å². The first-order valence-electron chi connectivity index (χ1n) is 8.93. The lowest BCUT2D eigenvalue weighted by molar-refractivity contribution is -0.0357. The van der Waals surface area contributed by atoms with Gasteiger partial charge in [-0.25, -0.2) is 0 Å². The van der Waals surface area contributed by atoms with Crippen LogP contribution in [0.4, 0.5) is 0 Å². The van der Waals surface area contributed by atoms with E-state index in [9.17, 15) is 5.11 Å². The minimum Gasteiger partial charge on any atom is -0.393 e. The lowest BCUT2D eigenvalue weighted by atomic mass is 9.49. The van der Waals surface area contributed by atoms with Gasteiger partial charge < -0.3 is 5.11 Å². The first kappa shape index (κ1) is 13.4. The molecule has 0 heterocycles. The summed E-state index contributed by atoms with van der Waals surface area (Å²) in [5, 5.41) is 10.0. The van der Waals surface area contributed by atoms with Crippen LogP contribution in [-0.2, 0) is 0 Å². The maximum absolute atomic E-state index is 10.0. The van der Waals surface area contributed by atoms with Crippen molar-refractivity contribution in [3.8, 4) is 0 Å². The molecule has 0 bridgehead atoms. The number of aliphatic hydroxyl groups excluding tert-OH is 1. The fourth-order valence-corrected chi connectivity index (χ4v) is 6.47. The fraction of sp³-hybridized carbons (Fsp3) is 0.895. The fourth-order valence-electron chi connectivity index (χ4n) is 6.47. The average molecular weight is 274 g/mol. The zero-order valence-corrected chi connectivity index (χ0v) is 13.3. The van der Waals surface area contributed by atoms with E-state index in [2.05, 4.69) is 13.8 Å². The van der Waals surface area contributed by atoms with Crippen molar-refractivity contribution in [2.75, 3.05) is 0 Å². The smallest absolute Gasteiger partial charge is 0.0543 e. The molecule has 0 aliphatic heterocycles. The van der Waals surface area contributed by atoms with Crippen LogP contribution in [0.15, 0.2) is 11.1 Å². The highest BCUT2D eigenvalue weighted by atomic mass is 16.3. The summed E-state index contributed by atoms with van der Waals surface area (Å²) in [4.78, 5) is 0. The second kappa shape index (κ2) is 4.35. The first-order chi connectivity index (χ1) is 9.53. The van der Waals surface area contributed by atoms with Crippen LogP contribution in [-0.4, -0.2) is 11.2 Å². The van der Waals surface area contributed by atoms with Gasteiger partial charge in [0.15, 0.2) is 0 Å². The van der Waals surface area contributed by atoms with Gasteiger partial charge in [-0.1, -0.05) is 25.0 Å². The predicted octanol–water partition coefficient (Wildman–Crippen LogP) is 4.84. The van der Waals surface area contributed by atoms with Crippen molar-refractivity contribution in [2.45, 2.75) is 84.2 Å². The Morgan fingerprint density at radius 3 is 2.70 bits per heavy atom. The molecule has 0 aromatic rings. The monoisotopic (exact) mass is 274 g/mol. The van der Waals surface area contributed by atoms with Crippen LogP contribution in [0.25, 0.3) is 0 Å². The van der Waals surface area contributed by atoms with E-state index in [1.165, 1.54) is 51.4 Å². The molecular formula is C19H30O. The van der Waals surface area contributed by atoms with E-state index in [1.54, 1.807) is 0 Å². The molecule has 4 aliphatic carbocycles. The van der Waals surface area contributed by atoms with Crippen molar-refractivity contribution >= 4 is 0 Å². The molecule has 0 aromatic carbocycles.